The first-order chi connectivity index (χ1) is 20.8. The third kappa shape index (κ3) is 5.67. The minimum atomic E-state index is -1.21. The second kappa shape index (κ2) is 12.3. The number of carbonyl (C=O) groups excluding carboxylic acids is 3. The molecule has 2 heterocycles. The molecular formula is C33H34ClFIN3O5. The Labute approximate surface area is 274 Å². The summed E-state index contributed by atoms with van der Waals surface area (Å²) in [6, 6.07) is 13.3. The van der Waals surface area contributed by atoms with E-state index in [0.717, 1.165) is 5.56 Å². The summed E-state index contributed by atoms with van der Waals surface area (Å²) in [7, 11) is 2.72. The van der Waals surface area contributed by atoms with E-state index in [2.05, 4.69) is 59.3 Å². The summed E-state index contributed by atoms with van der Waals surface area (Å²) in [5.41, 5.74) is 1.63. The molecule has 232 valence electrons. The second-order valence-corrected chi connectivity index (χ2v) is 13.5. The maximum Gasteiger partial charge on any atom is 0.337 e. The third-order valence-corrected chi connectivity index (χ3v) is 9.41. The van der Waals surface area contributed by atoms with Gasteiger partial charge in [-0.1, -0.05) is 73.2 Å². The van der Waals surface area contributed by atoms with Crippen LogP contribution in [-0.2, 0) is 24.2 Å². The number of alkyl halides is 1. The SMILES string of the molecule is COC(=O)c1ccc(NC(=O)[C@@H]2N[C@@H](CC(C)(C)C)[C@@]3(C(=O)Nc4cc(Cl)ccc43)[C@H]2c2ccc(F)c(CI)c2)c(OC)c1. The number of hydrogen-bond donors (Lipinski definition) is 3. The van der Waals surface area contributed by atoms with Gasteiger partial charge >= 0.3 is 5.97 Å². The van der Waals surface area contributed by atoms with E-state index in [9.17, 15) is 18.8 Å². The molecule has 1 saturated heterocycles. The zero-order valence-corrected chi connectivity index (χ0v) is 27.9. The van der Waals surface area contributed by atoms with Crippen LogP contribution in [-0.4, -0.2) is 44.1 Å². The van der Waals surface area contributed by atoms with Gasteiger partial charge in [0.1, 0.15) is 17.0 Å². The van der Waals surface area contributed by atoms with Crippen LogP contribution in [0.25, 0.3) is 0 Å². The number of methoxy groups -OCH3 is 2. The Morgan fingerprint density at radius 2 is 1.84 bits per heavy atom. The highest BCUT2D eigenvalue weighted by Crippen LogP contribution is 2.57. The molecule has 2 aliphatic rings. The first-order valence-electron chi connectivity index (χ1n) is 14.1. The molecule has 1 fully saturated rings. The Bertz CT molecular complexity index is 1640. The van der Waals surface area contributed by atoms with Crippen molar-refractivity contribution in [1.82, 2.24) is 5.32 Å². The zero-order chi connectivity index (χ0) is 32.0. The highest BCUT2D eigenvalue weighted by atomic mass is 127. The van der Waals surface area contributed by atoms with Crippen molar-refractivity contribution in [2.75, 3.05) is 24.9 Å². The molecule has 0 saturated carbocycles. The fourth-order valence-electron chi connectivity index (χ4n) is 6.56. The van der Waals surface area contributed by atoms with Crippen molar-refractivity contribution in [3.8, 4) is 5.75 Å². The molecule has 3 aromatic rings. The minimum absolute atomic E-state index is 0.223. The number of hydrogen-bond acceptors (Lipinski definition) is 6. The maximum absolute atomic E-state index is 14.8. The normalized spacial score (nSPS) is 22.5. The molecule has 0 unspecified atom stereocenters. The van der Waals surface area contributed by atoms with E-state index in [1.54, 1.807) is 30.3 Å². The molecule has 2 amide bonds. The molecule has 5 rings (SSSR count). The van der Waals surface area contributed by atoms with E-state index >= 15 is 0 Å². The van der Waals surface area contributed by atoms with Crippen molar-refractivity contribution >= 4 is 63.4 Å². The van der Waals surface area contributed by atoms with Crippen LogP contribution >= 0.6 is 34.2 Å². The van der Waals surface area contributed by atoms with Gasteiger partial charge in [-0.3, -0.25) is 9.59 Å². The van der Waals surface area contributed by atoms with Crippen LogP contribution in [0.4, 0.5) is 15.8 Å². The molecule has 2 aliphatic heterocycles. The number of carbonyl (C=O) groups is 3. The quantitative estimate of drug-likeness (QED) is 0.144. The average molecular weight is 734 g/mol. The molecule has 3 aromatic carbocycles. The van der Waals surface area contributed by atoms with Crippen LogP contribution in [0.15, 0.2) is 54.6 Å². The molecule has 11 heteroatoms. The lowest BCUT2D eigenvalue weighted by molar-refractivity contribution is -0.122. The van der Waals surface area contributed by atoms with E-state index in [1.165, 1.54) is 32.4 Å². The van der Waals surface area contributed by atoms with Crippen molar-refractivity contribution in [3.63, 3.8) is 0 Å². The van der Waals surface area contributed by atoms with Gasteiger partial charge in [0, 0.05) is 27.1 Å². The van der Waals surface area contributed by atoms with Crippen molar-refractivity contribution in [3.05, 3.63) is 87.7 Å². The zero-order valence-electron chi connectivity index (χ0n) is 25.0. The third-order valence-electron chi connectivity index (χ3n) is 8.36. The van der Waals surface area contributed by atoms with Gasteiger partial charge in [-0.05, 0) is 64.9 Å². The lowest BCUT2D eigenvalue weighted by Crippen LogP contribution is -2.49. The summed E-state index contributed by atoms with van der Waals surface area (Å²) in [5.74, 6) is -2.01. The summed E-state index contributed by atoms with van der Waals surface area (Å²) in [4.78, 5) is 40.8. The molecule has 44 heavy (non-hydrogen) atoms. The van der Waals surface area contributed by atoms with Crippen molar-refractivity contribution in [2.24, 2.45) is 5.41 Å². The Morgan fingerprint density at radius 1 is 1.09 bits per heavy atom. The number of fused-ring (bicyclic) bond motifs is 2. The first kappa shape index (κ1) is 32.2. The fourth-order valence-corrected chi connectivity index (χ4v) is 7.32. The number of halogens is 3. The molecule has 1 spiro atoms. The lowest BCUT2D eigenvalue weighted by atomic mass is 9.62. The van der Waals surface area contributed by atoms with Gasteiger partial charge in [0.15, 0.2) is 0 Å². The monoisotopic (exact) mass is 733 g/mol. The molecule has 0 radical (unpaired) electrons. The van der Waals surface area contributed by atoms with E-state index in [1.807, 2.05) is 6.07 Å². The fraction of sp³-hybridized carbons (Fsp3) is 0.364. The number of nitrogens with one attached hydrogen (secondary N) is 3. The summed E-state index contributed by atoms with van der Waals surface area (Å²) >= 11 is 8.45. The highest BCUT2D eigenvalue weighted by Gasteiger charge is 2.65. The molecule has 4 atom stereocenters. The van der Waals surface area contributed by atoms with Gasteiger partial charge in [-0.25, -0.2) is 9.18 Å². The van der Waals surface area contributed by atoms with Crippen molar-refractivity contribution < 1.29 is 28.2 Å². The van der Waals surface area contributed by atoms with Gasteiger partial charge in [-0.15, -0.1) is 0 Å². The van der Waals surface area contributed by atoms with Gasteiger partial charge < -0.3 is 25.4 Å². The Kier molecular flexibility index (Phi) is 8.99. The van der Waals surface area contributed by atoms with Gasteiger partial charge in [0.25, 0.3) is 0 Å². The van der Waals surface area contributed by atoms with Gasteiger partial charge in [0.05, 0.1) is 31.5 Å². The van der Waals surface area contributed by atoms with Crippen LogP contribution < -0.4 is 20.7 Å². The largest absolute Gasteiger partial charge is 0.495 e. The highest BCUT2D eigenvalue weighted by molar-refractivity contribution is 14.1. The molecule has 0 bridgehead atoms. The standard InChI is InChI=1S/C33H34ClFIN3O5/c1-32(2,3)15-26-33(21-9-8-20(34)14-24(21)38-31(33)42)27(17-6-10-22(35)19(12-17)16-36)28(39-26)29(40)37-23-11-7-18(30(41)44-5)13-25(23)43-4/h6-14,26-28,39H,15-16H2,1-5H3,(H,37,40)(H,38,42)/t26-,27-,28+,33+/m0/s1. The lowest BCUT2D eigenvalue weighted by Gasteiger charge is -2.37. The second-order valence-electron chi connectivity index (χ2n) is 12.3. The van der Waals surface area contributed by atoms with E-state index < -0.39 is 35.3 Å². The Morgan fingerprint density at radius 3 is 2.50 bits per heavy atom. The van der Waals surface area contributed by atoms with E-state index in [-0.39, 0.29) is 28.5 Å². The Balaban J connectivity index is 1.68. The number of ether oxygens (including phenoxy) is 2. The number of rotatable bonds is 7. The van der Waals surface area contributed by atoms with E-state index in [4.69, 9.17) is 21.1 Å². The topological polar surface area (TPSA) is 106 Å². The van der Waals surface area contributed by atoms with Gasteiger partial charge in [-0.2, -0.15) is 0 Å². The van der Waals surface area contributed by atoms with Crippen LogP contribution in [0.2, 0.25) is 5.02 Å². The van der Waals surface area contributed by atoms with Crippen molar-refractivity contribution in [1.29, 1.82) is 0 Å². The first-order valence-corrected chi connectivity index (χ1v) is 16.0. The molecule has 8 nitrogen and oxygen atoms in total. The molecule has 3 N–H and O–H groups in total. The number of anilines is 2. The van der Waals surface area contributed by atoms with Crippen LogP contribution in [0.1, 0.15) is 60.2 Å². The maximum atomic E-state index is 14.8. The van der Waals surface area contributed by atoms with Gasteiger partial charge in [0.2, 0.25) is 11.8 Å². The van der Waals surface area contributed by atoms with Crippen LogP contribution in [0.3, 0.4) is 0 Å². The molecular weight excluding hydrogens is 700 g/mol. The molecule has 0 aromatic heterocycles. The average Bonchev–Trinajstić information content (AvgIpc) is 3.46. The predicted octanol–water partition coefficient (Wildman–Crippen LogP) is 6.60. The van der Waals surface area contributed by atoms with Crippen molar-refractivity contribution in [2.45, 2.75) is 55.0 Å². The number of benzene rings is 3. The van der Waals surface area contributed by atoms with E-state index in [0.29, 0.717) is 38.4 Å². The number of amides is 2. The number of esters is 1. The van der Waals surface area contributed by atoms with Crippen LogP contribution in [0.5, 0.6) is 5.75 Å². The predicted molar refractivity (Wildman–Crippen MR) is 176 cm³/mol. The summed E-state index contributed by atoms with van der Waals surface area (Å²) in [6.45, 7) is 6.25. The summed E-state index contributed by atoms with van der Waals surface area (Å²) in [6.07, 6.45) is 0.556. The molecule has 0 aliphatic carbocycles. The van der Waals surface area contributed by atoms with Crippen LogP contribution in [0, 0.1) is 11.2 Å². The summed E-state index contributed by atoms with van der Waals surface area (Å²) in [5, 5.41) is 10.0. The Hall–Kier alpha value is -3.22. The minimum Gasteiger partial charge on any atom is -0.495 e. The smallest absolute Gasteiger partial charge is 0.337 e. The summed E-state index contributed by atoms with van der Waals surface area (Å²) < 4.78 is 25.5.